The van der Waals surface area contributed by atoms with Gasteiger partial charge in [-0.1, -0.05) is 48.5 Å². The fourth-order valence-electron chi connectivity index (χ4n) is 3.90. The lowest BCUT2D eigenvalue weighted by Crippen LogP contribution is -2.26. The molecule has 0 unspecified atom stereocenters. The van der Waals surface area contributed by atoms with Crippen LogP contribution in [0.15, 0.2) is 78.9 Å². The van der Waals surface area contributed by atoms with Crippen molar-refractivity contribution in [2.45, 2.75) is 25.7 Å². The number of benzene rings is 3. The Morgan fingerprint density at radius 1 is 0.912 bits per heavy atom. The summed E-state index contributed by atoms with van der Waals surface area (Å²) >= 11 is 0. The Labute approximate surface area is 200 Å². The second kappa shape index (κ2) is 12.0. The molecule has 6 nitrogen and oxygen atoms in total. The second-order valence-electron chi connectivity index (χ2n) is 8.12. The second-order valence-corrected chi connectivity index (χ2v) is 8.12. The van der Waals surface area contributed by atoms with E-state index < -0.39 is 0 Å². The molecule has 0 atom stereocenters. The molecule has 0 saturated carbocycles. The number of imidazole rings is 1. The van der Waals surface area contributed by atoms with E-state index in [-0.39, 0.29) is 5.91 Å². The largest absolute Gasteiger partial charge is 0.494 e. The van der Waals surface area contributed by atoms with Gasteiger partial charge >= 0.3 is 0 Å². The van der Waals surface area contributed by atoms with E-state index in [1.807, 2.05) is 48.5 Å². The van der Waals surface area contributed by atoms with Crippen molar-refractivity contribution in [3.8, 4) is 22.8 Å². The number of rotatable bonds is 12. The van der Waals surface area contributed by atoms with Gasteiger partial charge in [-0.05, 0) is 43.5 Å². The molecule has 1 N–H and O–H groups in total. The smallest absolute Gasteiger partial charge is 0.220 e. The molecule has 0 saturated heterocycles. The number of hydrogen-bond acceptors (Lipinski definition) is 4. The van der Waals surface area contributed by atoms with Crippen molar-refractivity contribution >= 4 is 16.9 Å². The monoisotopic (exact) mass is 457 g/mol. The number of carbonyl (C=O) groups is 1. The standard InChI is InChI=1S/C28H31N3O3/c1-33-20-18-29-27(32)15-9-4-10-19-34-24-16-17-25-26(21-24)31(23-13-7-3-8-14-23)28(30-25)22-11-5-2-6-12-22/h2-3,5-8,11-14,16-17,21H,4,9-10,15,18-20H2,1H3,(H,29,32). The quantitative estimate of drug-likeness (QED) is 0.290. The van der Waals surface area contributed by atoms with Crippen LogP contribution in [0.5, 0.6) is 5.75 Å². The number of unbranched alkanes of at least 4 members (excludes halogenated alkanes) is 2. The maximum Gasteiger partial charge on any atom is 0.220 e. The van der Waals surface area contributed by atoms with Crippen molar-refractivity contribution in [2.75, 3.05) is 26.9 Å². The fourth-order valence-corrected chi connectivity index (χ4v) is 3.90. The van der Waals surface area contributed by atoms with Gasteiger partial charge in [0.25, 0.3) is 0 Å². The van der Waals surface area contributed by atoms with Crippen LogP contribution in [0, 0.1) is 0 Å². The van der Waals surface area contributed by atoms with E-state index in [1.165, 1.54) is 0 Å². The highest BCUT2D eigenvalue weighted by atomic mass is 16.5. The van der Waals surface area contributed by atoms with Crippen LogP contribution >= 0.6 is 0 Å². The maximum atomic E-state index is 11.7. The van der Waals surface area contributed by atoms with E-state index in [9.17, 15) is 4.79 Å². The molecule has 0 bridgehead atoms. The summed E-state index contributed by atoms with van der Waals surface area (Å²) in [6.07, 6.45) is 3.23. The van der Waals surface area contributed by atoms with E-state index in [4.69, 9.17) is 14.5 Å². The van der Waals surface area contributed by atoms with Crippen LogP contribution in [-0.4, -0.2) is 42.3 Å². The van der Waals surface area contributed by atoms with E-state index in [1.54, 1.807) is 7.11 Å². The summed E-state index contributed by atoms with van der Waals surface area (Å²) in [6, 6.07) is 26.5. The average molecular weight is 458 g/mol. The number of aromatic nitrogens is 2. The van der Waals surface area contributed by atoms with Crippen molar-refractivity contribution in [1.82, 2.24) is 14.9 Å². The van der Waals surface area contributed by atoms with Gasteiger partial charge in [0.15, 0.2) is 0 Å². The number of methoxy groups -OCH3 is 1. The first kappa shape index (κ1) is 23.5. The summed E-state index contributed by atoms with van der Waals surface area (Å²) in [4.78, 5) is 16.7. The molecule has 0 aliphatic rings. The molecule has 0 aliphatic heterocycles. The zero-order chi connectivity index (χ0) is 23.6. The SMILES string of the molecule is COCCNC(=O)CCCCCOc1ccc2nc(-c3ccccc3)n(-c3ccccc3)c2c1. The van der Waals surface area contributed by atoms with Crippen LogP contribution in [0.2, 0.25) is 0 Å². The third-order valence-electron chi connectivity index (χ3n) is 5.62. The molecule has 1 aromatic heterocycles. The topological polar surface area (TPSA) is 65.4 Å². The van der Waals surface area contributed by atoms with Gasteiger partial charge in [-0.15, -0.1) is 0 Å². The van der Waals surface area contributed by atoms with Crippen LogP contribution in [-0.2, 0) is 9.53 Å². The third-order valence-corrected chi connectivity index (χ3v) is 5.62. The van der Waals surface area contributed by atoms with Gasteiger partial charge in [-0.3, -0.25) is 9.36 Å². The minimum atomic E-state index is 0.0758. The fraction of sp³-hybridized carbons (Fsp3) is 0.286. The van der Waals surface area contributed by atoms with E-state index >= 15 is 0 Å². The molecular weight excluding hydrogens is 426 g/mol. The van der Waals surface area contributed by atoms with E-state index in [0.29, 0.717) is 26.2 Å². The highest BCUT2D eigenvalue weighted by Crippen LogP contribution is 2.30. The molecule has 4 rings (SSSR count). The van der Waals surface area contributed by atoms with Crippen molar-refractivity contribution < 1.29 is 14.3 Å². The van der Waals surface area contributed by atoms with Gasteiger partial charge in [0.05, 0.1) is 24.2 Å². The van der Waals surface area contributed by atoms with Crippen LogP contribution in [0.3, 0.4) is 0 Å². The zero-order valence-corrected chi connectivity index (χ0v) is 19.6. The van der Waals surface area contributed by atoms with Gasteiger partial charge in [-0.25, -0.2) is 4.98 Å². The number of nitrogens with zero attached hydrogens (tertiary/aromatic N) is 2. The molecule has 0 spiro atoms. The van der Waals surface area contributed by atoms with Crippen molar-refractivity contribution in [2.24, 2.45) is 0 Å². The first-order valence-electron chi connectivity index (χ1n) is 11.8. The van der Waals surface area contributed by atoms with Gasteiger partial charge in [0, 0.05) is 37.4 Å². The number of para-hydroxylation sites is 1. The van der Waals surface area contributed by atoms with Crippen LogP contribution in [0.25, 0.3) is 28.1 Å². The van der Waals surface area contributed by atoms with Crippen molar-refractivity contribution in [3.05, 3.63) is 78.9 Å². The number of carbonyl (C=O) groups excluding carboxylic acids is 1. The predicted molar refractivity (Wildman–Crippen MR) is 135 cm³/mol. The zero-order valence-electron chi connectivity index (χ0n) is 19.6. The summed E-state index contributed by atoms with van der Waals surface area (Å²) in [5.74, 6) is 1.80. The Kier molecular flexibility index (Phi) is 8.30. The summed E-state index contributed by atoms with van der Waals surface area (Å²) in [5, 5.41) is 2.85. The number of fused-ring (bicyclic) bond motifs is 1. The molecule has 0 aliphatic carbocycles. The molecule has 34 heavy (non-hydrogen) atoms. The van der Waals surface area contributed by atoms with E-state index in [0.717, 1.165) is 53.1 Å². The minimum absolute atomic E-state index is 0.0758. The van der Waals surface area contributed by atoms with Gasteiger partial charge in [0.2, 0.25) is 5.91 Å². The molecule has 3 aromatic carbocycles. The Hall–Kier alpha value is -3.64. The Morgan fingerprint density at radius 2 is 1.68 bits per heavy atom. The van der Waals surface area contributed by atoms with Gasteiger partial charge < -0.3 is 14.8 Å². The summed E-state index contributed by atoms with van der Waals surface area (Å²) in [5.41, 5.74) is 4.06. The molecule has 0 radical (unpaired) electrons. The molecular formula is C28H31N3O3. The Morgan fingerprint density at radius 3 is 2.44 bits per heavy atom. The van der Waals surface area contributed by atoms with Crippen molar-refractivity contribution in [3.63, 3.8) is 0 Å². The lowest BCUT2D eigenvalue weighted by Gasteiger charge is -2.11. The number of hydrogen-bond donors (Lipinski definition) is 1. The first-order chi connectivity index (χ1) is 16.8. The average Bonchev–Trinajstić information content (AvgIpc) is 3.26. The highest BCUT2D eigenvalue weighted by molar-refractivity contribution is 5.84. The Balaban J connectivity index is 1.42. The summed E-state index contributed by atoms with van der Waals surface area (Å²) in [6.45, 7) is 1.72. The van der Waals surface area contributed by atoms with Crippen LogP contribution in [0.4, 0.5) is 0 Å². The van der Waals surface area contributed by atoms with E-state index in [2.05, 4.69) is 40.2 Å². The number of amides is 1. The van der Waals surface area contributed by atoms with Crippen LogP contribution < -0.4 is 10.1 Å². The Bertz CT molecular complexity index is 1190. The maximum absolute atomic E-state index is 11.7. The highest BCUT2D eigenvalue weighted by Gasteiger charge is 2.15. The lowest BCUT2D eigenvalue weighted by atomic mass is 10.2. The molecule has 0 fully saturated rings. The minimum Gasteiger partial charge on any atom is -0.494 e. The summed E-state index contributed by atoms with van der Waals surface area (Å²) in [7, 11) is 1.63. The normalized spacial score (nSPS) is 11.0. The van der Waals surface area contributed by atoms with Gasteiger partial charge in [-0.2, -0.15) is 0 Å². The molecule has 176 valence electrons. The summed E-state index contributed by atoms with van der Waals surface area (Å²) < 4.78 is 13.2. The first-order valence-corrected chi connectivity index (χ1v) is 11.8. The number of nitrogens with one attached hydrogen (secondary N) is 1. The predicted octanol–water partition coefficient (Wildman–Crippen LogP) is 5.39. The van der Waals surface area contributed by atoms with Gasteiger partial charge in [0.1, 0.15) is 11.6 Å². The molecule has 1 heterocycles. The molecule has 1 amide bonds. The van der Waals surface area contributed by atoms with Crippen molar-refractivity contribution in [1.29, 1.82) is 0 Å². The number of ether oxygens (including phenoxy) is 2. The molecule has 4 aromatic rings. The third kappa shape index (κ3) is 6.02. The van der Waals surface area contributed by atoms with Crippen LogP contribution in [0.1, 0.15) is 25.7 Å². The lowest BCUT2D eigenvalue weighted by molar-refractivity contribution is -0.121. The molecule has 6 heteroatoms.